The van der Waals surface area contributed by atoms with Crippen LogP contribution in [0.5, 0.6) is 0 Å². The molecule has 0 saturated heterocycles. The van der Waals surface area contributed by atoms with Gasteiger partial charge in [0.1, 0.15) is 11.3 Å². The zero-order chi connectivity index (χ0) is 14.2. The quantitative estimate of drug-likeness (QED) is 0.729. The molecule has 2 aromatic carbocycles. The molecular formula is C18H15NO2. The van der Waals surface area contributed by atoms with Gasteiger partial charge in [0.25, 0.3) is 0 Å². The summed E-state index contributed by atoms with van der Waals surface area (Å²) in [5, 5.41) is 0. The Morgan fingerprint density at radius 1 is 1.10 bits per heavy atom. The third kappa shape index (κ3) is 2.35. The van der Waals surface area contributed by atoms with Crippen LogP contribution in [0.3, 0.4) is 0 Å². The van der Waals surface area contributed by atoms with E-state index in [1.165, 1.54) is 5.56 Å². The predicted octanol–water partition coefficient (Wildman–Crippen LogP) is 3.74. The molecule has 0 amide bonds. The largest absolute Gasteiger partial charge is 0.440 e. The van der Waals surface area contributed by atoms with E-state index in [-0.39, 0.29) is 11.7 Å². The first-order valence-corrected chi connectivity index (χ1v) is 7.23. The second-order valence-electron chi connectivity index (χ2n) is 5.58. The summed E-state index contributed by atoms with van der Waals surface area (Å²) in [4.78, 5) is 16.7. The number of carbonyl (C=O) groups excluding carboxylic acids is 1. The average Bonchev–Trinajstić information content (AvgIpc) is 3.22. The Hall–Kier alpha value is -2.42. The summed E-state index contributed by atoms with van der Waals surface area (Å²) >= 11 is 0. The van der Waals surface area contributed by atoms with Crippen molar-refractivity contribution in [2.45, 2.75) is 18.8 Å². The summed E-state index contributed by atoms with van der Waals surface area (Å²) < 4.78 is 5.63. The number of rotatable bonds is 4. The minimum atomic E-state index is 0.127. The maximum Gasteiger partial charge on any atom is 0.202 e. The number of hydrogen-bond acceptors (Lipinski definition) is 3. The second-order valence-corrected chi connectivity index (χ2v) is 5.58. The molecule has 3 nitrogen and oxygen atoms in total. The summed E-state index contributed by atoms with van der Waals surface area (Å²) in [6.45, 7) is 0. The molecule has 0 radical (unpaired) electrons. The van der Waals surface area contributed by atoms with Gasteiger partial charge in [-0.3, -0.25) is 4.79 Å². The molecule has 0 N–H and O–H groups in total. The molecule has 1 saturated carbocycles. The molecule has 1 aliphatic rings. The normalized spacial score (nSPS) is 20.6. The van der Waals surface area contributed by atoms with E-state index in [1.807, 2.05) is 42.5 Å². The highest BCUT2D eigenvalue weighted by atomic mass is 16.3. The molecule has 4 rings (SSSR count). The molecule has 3 aromatic rings. The van der Waals surface area contributed by atoms with Gasteiger partial charge < -0.3 is 4.42 Å². The average molecular weight is 277 g/mol. The van der Waals surface area contributed by atoms with Crippen molar-refractivity contribution in [2.75, 3.05) is 0 Å². The maximum absolute atomic E-state index is 12.3. The lowest BCUT2D eigenvalue weighted by Crippen LogP contribution is -2.06. The fourth-order valence-electron chi connectivity index (χ4n) is 2.90. The van der Waals surface area contributed by atoms with Gasteiger partial charge in [0.2, 0.25) is 5.89 Å². The number of nitrogens with zero attached hydrogens (tertiary/aromatic N) is 1. The Morgan fingerprint density at radius 3 is 2.67 bits per heavy atom. The fraction of sp³-hybridized carbons (Fsp3) is 0.222. The number of fused-ring (bicyclic) bond motifs is 1. The first kappa shape index (κ1) is 12.3. The molecule has 2 atom stereocenters. The number of aromatic nitrogens is 1. The standard InChI is InChI=1S/C18H15NO2/c20-16(14-10-13(14)12-6-2-1-3-7-12)11-18-19-15-8-4-5-9-17(15)21-18/h1-9,13-14H,10-11H2. The first-order chi connectivity index (χ1) is 10.3. The summed E-state index contributed by atoms with van der Waals surface area (Å²) in [5.74, 6) is 1.26. The molecule has 1 heterocycles. The number of Topliss-reactive ketones (excluding diaryl/α,β-unsaturated/α-hetero) is 1. The topological polar surface area (TPSA) is 43.1 Å². The highest BCUT2D eigenvalue weighted by Crippen LogP contribution is 2.48. The molecule has 0 spiro atoms. The van der Waals surface area contributed by atoms with Crippen molar-refractivity contribution in [1.82, 2.24) is 4.98 Å². The van der Waals surface area contributed by atoms with Gasteiger partial charge in [0.15, 0.2) is 5.58 Å². The van der Waals surface area contributed by atoms with Crippen LogP contribution in [0, 0.1) is 5.92 Å². The van der Waals surface area contributed by atoms with Gasteiger partial charge in [-0.05, 0) is 30.0 Å². The van der Waals surface area contributed by atoms with Crippen LogP contribution in [-0.2, 0) is 11.2 Å². The van der Waals surface area contributed by atoms with Crippen LogP contribution in [0.1, 0.15) is 23.8 Å². The third-order valence-corrected chi connectivity index (χ3v) is 4.10. The minimum absolute atomic E-state index is 0.127. The lowest BCUT2D eigenvalue weighted by atomic mass is 10.1. The Bertz CT molecular complexity index is 758. The van der Waals surface area contributed by atoms with E-state index in [4.69, 9.17) is 4.42 Å². The molecule has 0 bridgehead atoms. The summed E-state index contributed by atoms with van der Waals surface area (Å²) in [6.07, 6.45) is 1.24. The van der Waals surface area contributed by atoms with Crippen molar-refractivity contribution in [3.05, 3.63) is 66.1 Å². The number of benzene rings is 2. The van der Waals surface area contributed by atoms with Gasteiger partial charge in [-0.25, -0.2) is 4.98 Å². The lowest BCUT2D eigenvalue weighted by molar-refractivity contribution is -0.120. The molecule has 1 aromatic heterocycles. The van der Waals surface area contributed by atoms with Gasteiger partial charge in [-0.1, -0.05) is 42.5 Å². The number of para-hydroxylation sites is 2. The van der Waals surface area contributed by atoms with E-state index in [9.17, 15) is 4.79 Å². The highest BCUT2D eigenvalue weighted by Gasteiger charge is 2.43. The van der Waals surface area contributed by atoms with Gasteiger partial charge >= 0.3 is 0 Å². The number of ketones is 1. The van der Waals surface area contributed by atoms with Crippen LogP contribution in [0.4, 0.5) is 0 Å². The summed E-state index contributed by atoms with van der Waals surface area (Å²) in [6, 6.07) is 17.8. The van der Waals surface area contributed by atoms with Gasteiger partial charge in [0, 0.05) is 5.92 Å². The van der Waals surface area contributed by atoms with Gasteiger partial charge in [-0.2, -0.15) is 0 Å². The van der Waals surface area contributed by atoms with E-state index < -0.39 is 0 Å². The van der Waals surface area contributed by atoms with Crippen molar-refractivity contribution < 1.29 is 9.21 Å². The van der Waals surface area contributed by atoms with Crippen LogP contribution in [0.15, 0.2) is 59.0 Å². The number of carbonyl (C=O) groups is 1. The summed E-state index contributed by atoms with van der Waals surface area (Å²) in [7, 11) is 0. The molecule has 21 heavy (non-hydrogen) atoms. The van der Waals surface area contributed by atoms with Crippen molar-refractivity contribution in [1.29, 1.82) is 0 Å². The molecule has 0 aliphatic heterocycles. The SMILES string of the molecule is O=C(Cc1nc2ccccc2o1)C1CC1c1ccccc1. The predicted molar refractivity (Wildman–Crippen MR) is 80.0 cm³/mol. The number of hydrogen-bond donors (Lipinski definition) is 0. The van der Waals surface area contributed by atoms with Gasteiger partial charge in [-0.15, -0.1) is 0 Å². The molecule has 1 aliphatic carbocycles. The Kier molecular flexibility index (Phi) is 2.85. The van der Waals surface area contributed by atoms with E-state index in [2.05, 4.69) is 17.1 Å². The van der Waals surface area contributed by atoms with Crippen LogP contribution >= 0.6 is 0 Å². The van der Waals surface area contributed by atoms with Crippen molar-refractivity contribution >= 4 is 16.9 Å². The molecule has 1 fully saturated rings. The first-order valence-electron chi connectivity index (χ1n) is 7.23. The molecule has 2 unspecified atom stereocenters. The monoisotopic (exact) mass is 277 g/mol. The van der Waals surface area contributed by atoms with E-state index >= 15 is 0 Å². The Balaban J connectivity index is 1.47. The Morgan fingerprint density at radius 2 is 1.86 bits per heavy atom. The third-order valence-electron chi connectivity index (χ3n) is 4.10. The summed E-state index contributed by atoms with van der Waals surface area (Å²) in [5.41, 5.74) is 2.82. The Labute approximate surface area is 122 Å². The van der Waals surface area contributed by atoms with Crippen LogP contribution in [0.25, 0.3) is 11.1 Å². The highest BCUT2D eigenvalue weighted by molar-refractivity contribution is 5.86. The minimum Gasteiger partial charge on any atom is -0.440 e. The van der Waals surface area contributed by atoms with Crippen molar-refractivity contribution in [3.8, 4) is 0 Å². The van der Waals surface area contributed by atoms with Crippen LogP contribution in [0.2, 0.25) is 0 Å². The fourth-order valence-corrected chi connectivity index (χ4v) is 2.90. The number of oxazole rings is 1. The van der Waals surface area contributed by atoms with Crippen molar-refractivity contribution in [3.63, 3.8) is 0 Å². The zero-order valence-electron chi connectivity index (χ0n) is 11.5. The van der Waals surface area contributed by atoms with Crippen LogP contribution < -0.4 is 0 Å². The van der Waals surface area contributed by atoms with Gasteiger partial charge in [0.05, 0.1) is 6.42 Å². The second kappa shape index (κ2) is 4.85. The van der Waals surface area contributed by atoms with E-state index in [0.717, 1.165) is 17.5 Å². The van der Waals surface area contributed by atoms with Crippen molar-refractivity contribution in [2.24, 2.45) is 5.92 Å². The van der Waals surface area contributed by atoms with E-state index in [0.29, 0.717) is 18.2 Å². The van der Waals surface area contributed by atoms with E-state index in [1.54, 1.807) is 0 Å². The molecular weight excluding hydrogens is 262 g/mol. The smallest absolute Gasteiger partial charge is 0.202 e. The molecule has 104 valence electrons. The zero-order valence-corrected chi connectivity index (χ0v) is 11.5. The lowest BCUT2D eigenvalue weighted by Gasteiger charge is -1.98. The maximum atomic E-state index is 12.3. The van der Waals surface area contributed by atoms with Crippen LogP contribution in [-0.4, -0.2) is 10.8 Å². The molecule has 3 heteroatoms.